The molecule has 0 unspecified atom stereocenters. The topological polar surface area (TPSA) is 138 Å². The van der Waals surface area contributed by atoms with E-state index in [0.717, 1.165) is 0 Å². The van der Waals surface area contributed by atoms with Crippen molar-refractivity contribution >= 4 is 17.7 Å². The lowest BCUT2D eigenvalue weighted by molar-refractivity contribution is 0.276. The summed E-state index contributed by atoms with van der Waals surface area (Å²) in [4.78, 5) is 18.0. The Labute approximate surface area is 168 Å². The molecule has 0 aliphatic rings. The third-order valence-corrected chi connectivity index (χ3v) is 5.90. The fourth-order valence-electron chi connectivity index (χ4n) is 2.55. The third kappa shape index (κ3) is 5.54. The van der Waals surface area contributed by atoms with Crippen molar-refractivity contribution in [2.24, 2.45) is 0 Å². The Morgan fingerprint density at radius 3 is 1.83 bits per heavy atom. The van der Waals surface area contributed by atoms with Crippen molar-refractivity contribution in [3.63, 3.8) is 0 Å². The van der Waals surface area contributed by atoms with Crippen LogP contribution in [0.3, 0.4) is 0 Å². The van der Waals surface area contributed by atoms with Crippen LogP contribution in [0.5, 0.6) is 28.7 Å². The Kier molecular flexibility index (Phi) is 7.02. The van der Waals surface area contributed by atoms with Gasteiger partial charge in [0.25, 0.3) is 0 Å². The van der Waals surface area contributed by atoms with E-state index in [9.17, 15) is 13.0 Å². The number of benzene rings is 2. The molecular formula is C17H21O10PS. The van der Waals surface area contributed by atoms with E-state index < -0.39 is 23.4 Å². The summed E-state index contributed by atoms with van der Waals surface area (Å²) in [6.45, 7) is 0. The van der Waals surface area contributed by atoms with Crippen LogP contribution < -0.4 is 23.5 Å². The van der Waals surface area contributed by atoms with E-state index in [-0.39, 0.29) is 39.2 Å². The van der Waals surface area contributed by atoms with Crippen molar-refractivity contribution in [2.45, 2.75) is 10.6 Å². The van der Waals surface area contributed by atoms with Gasteiger partial charge in [-0.3, -0.25) is 9.79 Å². The van der Waals surface area contributed by atoms with Gasteiger partial charge in [0.15, 0.2) is 32.8 Å². The normalized spacial score (nSPS) is 11.7. The quantitative estimate of drug-likeness (QED) is 0.549. The first kappa shape index (κ1) is 22.8. The smallest absolute Gasteiger partial charge is 0.493 e. The second-order valence-corrected chi connectivity index (χ2v) is 8.84. The number of hydrogen-bond donors (Lipinski definition) is 2. The van der Waals surface area contributed by atoms with E-state index in [2.05, 4.69) is 4.52 Å². The van der Waals surface area contributed by atoms with Gasteiger partial charge in [0.1, 0.15) is 0 Å². The van der Waals surface area contributed by atoms with Crippen molar-refractivity contribution in [1.82, 2.24) is 0 Å². The maximum Gasteiger partial charge on any atom is 0.524 e. The second kappa shape index (κ2) is 8.91. The van der Waals surface area contributed by atoms with Gasteiger partial charge in [0, 0.05) is 12.1 Å². The molecule has 0 aromatic heterocycles. The van der Waals surface area contributed by atoms with Gasteiger partial charge in [-0.25, -0.2) is 13.0 Å². The Bertz CT molecular complexity index is 1000. The van der Waals surface area contributed by atoms with Crippen LogP contribution in [0.15, 0.2) is 35.2 Å². The molecule has 0 aliphatic carbocycles. The molecule has 12 heteroatoms. The van der Waals surface area contributed by atoms with Gasteiger partial charge in [0.05, 0.1) is 39.1 Å². The fraction of sp³-hybridized carbons (Fsp3) is 0.294. The maximum atomic E-state index is 12.9. The molecule has 2 aromatic rings. The molecule has 0 fully saturated rings. The molecular weight excluding hydrogens is 427 g/mol. The van der Waals surface area contributed by atoms with Crippen LogP contribution in [-0.4, -0.2) is 46.6 Å². The zero-order chi connectivity index (χ0) is 21.8. The number of phosphoric acid groups is 1. The molecule has 0 radical (unpaired) electrons. The Balaban J connectivity index is 2.46. The van der Waals surface area contributed by atoms with Crippen molar-refractivity contribution in [3.8, 4) is 28.7 Å². The van der Waals surface area contributed by atoms with E-state index in [1.807, 2.05) is 0 Å². The van der Waals surface area contributed by atoms with Crippen LogP contribution in [0.2, 0.25) is 0 Å². The number of methoxy groups -OCH3 is 4. The zero-order valence-electron chi connectivity index (χ0n) is 16.1. The minimum atomic E-state index is -4.86. The van der Waals surface area contributed by atoms with Crippen LogP contribution >= 0.6 is 7.82 Å². The first-order valence-electron chi connectivity index (χ1n) is 7.99. The summed E-state index contributed by atoms with van der Waals surface area (Å²) < 4.78 is 62.1. The molecule has 0 heterocycles. The standard InChI is InChI=1S/C17H21O10PS/c1-23-13-6-5-11(7-14(13)27-28(18,19)20)10-29(21,22)12-8-15(24-2)17(26-4)16(9-12)25-3/h5-9H,10H2,1-4H3,(H2,18,19,20). The van der Waals surface area contributed by atoms with Gasteiger partial charge in [-0.2, -0.15) is 0 Å². The highest BCUT2D eigenvalue weighted by Crippen LogP contribution is 2.43. The molecule has 2 rings (SSSR count). The van der Waals surface area contributed by atoms with Crippen molar-refractivity contribution < 1.29 is 46.2 Å². The minimum absolute atomic E-state index is 0.0438. The third-order valence-electron chi connectivity index (χ3n) is 3.80. The summed E-state index contributed by atoms with van der Waals surface area (Å²) in [5.41, 5.74) is 0.225. The fourth-order valence-corrected chi connectivity index (χ4v) is 4.31. The SMILES string of the molecule is COc1ccc(CS(=O)(=O)c2cc(OC)c(OC)c(OC)c2)cc1OP(=O)(O)O. The lowest BCUT2D eigenvalue weighted by Crippen LogP contribution is -2.07. The molecule has 0 aliphatic heterocycles. The van der Waals surface area contributed by atoms with Crippen LogP contribution in [0.4, 0.5) is 0 Å². The average Bonchev–Trinajstić information content (AvgIpc) is 2.65. The van der Waals surface area contributed by atoms with E-state index in [1.54, 1.807) is 0 Å². The van der Waals surface area contributed by atoms with Crippen LogP contribution in [0, 0.1) is 0 Å². The monoisotopic (exact) mass is 448 g/mol. The lowest BCUT2D eigenvalue weighted by Gasteiger charge is -2.15. The van der Waals surface area contributed by atoms with Gasteiger partial charge in [-0.05, 0) is 17.7 Å². The molecule has 2 N–H and O–H groups in total. The number of phosphoric ester groups is 1. The Morgan fingerprint density at radius 2 is 1.38 bits per heavy atom. The van der Waals surface area contributed by atoms with Gasteiger partial charge in [-0.1, -0.05) is 6.07 Å². The van der Waals surface area contributed by atoms with Crippen molar-refractivity contribution in [1.29, 1.82) is 0 Å². The maximum absolute atomic E-state index is 12.9. The minimum Gasteiger partial charge on any atom is -0.493 e. The lowest BCUT2D eigenvalue weighted by atomic mass is 10.2. The number of rotatable bonds is 9. The van der Waals surface area contributed by atoms with Crippen LogP contribution in [-0.2, 0) is 20.2 Å². The molecule has 0 spiro atoms. The Hall–Kier alpha value is -2.46. The van der Waals surface area contributed by atoms with E-state index in [0.29, 0.717) is 0 Å². The molecule has 29 heavy (non-hydrogen) atoms. The summed E-state index contributed by atoms with van der Waals surface area (Å²) in [6.07, 6.45) is 0. The molecule has 0 amide bonds. The summed E-state index contributed by atoms with van der Waals surface area (Å²) >= 11 is 0. The predicted molar refractivity (Wildman–Crippen MR) is 103 cm³/mol. The highest BCUT2D eigenvalue weighted by molar-refractivity contribution is 7.90. The first-order chi connectivity index (χ1) is 13.5. The van der Waals surface area contributed by atoms with Gasteiger partial charge < -0.3 is 23.5 Å². The van der Waals surface area contributed by atoms with Crippen LogP contribution in [0.25, 0.3) is 0 Å². The molecule has 0 bridgehead atoms. The van der Waals surface area contributed by atoms with Crippen molar-refractivity contribution in [3.05, 3.63) is 35.9 Å². The summed E-state index contributed by atoms with van der Waals surface area (Å²) in [7, 11) is -3.34. The summed E-state index contributed by atoms with van der Waals surface area (Å²) in [5.74, 6) is -0.125. The van der Waals surface area contributed by atoms with E-state index in [4.69, 9.17) is 28.7 Å². The molecule has 0 atom stereocenters. The average molecular weight is 448 g/mol. The zero-order valence-corrected chi connectivity index (χ0v) is 17.8. The summed E-state index contributed by atoms with van der Waals surface area (Å²) in [6, 6.07) is 6.58. The largest absolute Gasteiger partial charge is 0.524 e. The summed E-state index contributed by atoms with van der Waals surface area (Å²) in [5, 5.41) is 0. The molecule has 0 saturated carbocycles. The number of ether oxygens (including phenoxy) is 4. The molecule has 2 aromatic carbocycles. The molecule has 10 nitrogen and oxygen atoms in total. The van der Waals surface area contributed by atoms with E-state index in [1.165, 1.54) is 58.8 Å². The predicted octanol–water partition coefficient (Wildman–Crippen LogP) is 2.17. The van der Waals surface area contributed by atoms with Gasteiger partial charge in [0.2, 0.25) is 5.75 Å². The second-order valence-electron chi connectivity index (χ2n) is 5.69. The Morgan fingerprint density at radius 1 is 0.828 bits per heavy atom. The number of hydrogen-bond acceptors (Lipinski definition) is 8. The van der Waals surface area contributed by atoms with Gasteiger partial charge >= 0.3 is 7.82 Å². The highest BCUT2D eigenvalue weighted by atomic mass is 32.2. The first-order valence-corrected chi connectivity index (χ1v) is 11.2. The molecule has 160 valence electrons. The van der Waals surface area contributed by atoms with Gasteiger partial charge in [-0.15, -0.1) is 0 Å². The van der Waals surface area contributed by atoms with E-state index >= 15 is 0 Å². The number of sulfone groups is 1. The van der Waals surface area contributed by atoms with Crippen molar-refractivity contribution in [2.75, 3.05) is 28.4 Å². The van der Waals surface area contributed by atoms with Crippen LogP contribution in [0.1, 0.15) is 5.56 Å². The molecule has 0 saturated heterocycles. The highest BCUT2D eigenvalue weighted by Gasteiger charge is 2.24.